The average molecular weight is 357 g/mol. The summed E-state index contributed by atoms with van der Waals surface area (Å²) in [7, 11) is 0. The van der Waals surface area contributed by atoms with Gasteiger partial charge in [0.25, 0.3) is 0 Å². The van der Waals surface area contributed by atoms with Crippen molar-refractivity contribution in [2.75, 3.05) is 5.32 Å². The summed E-state index contributed by atoms with van der Waals surface area (Å²) in [6.07, 6.45) is 0. The van der Waals surface area contributed by atoms with Gasteiger partial charge in [-0.25, -0.2) is 9.37 Å². The van der Waals surface area contributed by atoms with Gasteiger partial charge in [0, 0.05) is 17.2 Å². The summed E-state index contributed by atoms with van der Waals surface area (Å²) in [6, 6.07) is 15.1. The summed E-state index contributed by atoms with van der Waals surface area (Å²) in [4.78, 5) is 4.55. The molecule has 3 rings (SSSR count). The van der Waals surface area contributed by atoms with Crippen LogP contribution >= 0.6 is 11.6 Å². The Kier molecular flexibility index (Phi) is 4.91. The predicted molar refractivity (Wildman–Crippen MR) is 101 cm³/mol. The number of benzene rings is 2. The first-order valence-electron chi connectivity index (χ1n) is 7.97. The van der Waals surface area contributed by atoms with Crippen LogP contribution in [-0.4, -0.2) is 16.1 Å². The molecule has 0 unspecified atom stereocenters. The van der Waals surface area contributed by atoms with E-state index in [1.165, 1.54) is 6.07 Å². The van der Waals surface area contributed by atoms with Crippen LogP contribution in [0.2, 0.25) is 5.02 Å². The number of phenols is 1. The summed E-state index contributed by atoms with van der Waals surface area (Å²) in [5.41, 5.74) is 2.02. The summed E-state index contributed by atoms with van der Waals surface area (Å²) in [5.74, 6) is 0.296. The van der Waals surface area contributed by atoms with Crippen LogP contribution in [0.25, 0.3) is 22.4 Å². The highest BCUT2D eigenvalue weighted by Gasteiger charge is 2.15. The van der Waals surface area contributed by atoms with Crippen LogP contribution in [0.4, 0.5) is 10.2 Å². The maximum absolute atomic E-state index is 14.4. The third kappa shape index (κ3) is 3.74. The fourth-order valence-corrected chi connectivity index (χ4v) is 2.92. The molecule has 5 heteroatoms. The molecule has 0 fully saturated rings. The zero-order valence-corrected chi connectivity index (χ0v) is 14.7. The number of anilines is 1. The van der Waals surface area contributed by atoms with E-state index in [9.17, 15) is 9.50 Å². The number of pyridine rings is 1. The van der Waals surface area contributed by atoms with E-state index in [-0.39, 0.29) is 11.8 Å². The highest BCUT2D eigenvalue weighted by atomic mass is 35.5. The maximum atomic E-state index is 14.4. The monoisotopic (exact) mass is 356 g/mol. The zero-order chi connectivity index (χ0) is 18.0. The molecule has 0 amide bonds. The number of halogens is 2. The van der Waals surface area contributed by atoms with E-state index in [2.05, 4.69) is 10.3 Å². The Labute approximate surface area is 151 Å². The van der Waals surface area contributed by atoms with Gasteiger partial charge in [-0.15, -0.1) is 0 Å². The van der Waals surface area contributed by atoms with Crippen molar-refractivity contribution in [1.29, 1.82) is 0 Å². The second-order valence-corrected chi connectivity index (χ2v) is 6.45. The van der Waals surface area contributed by atoms with Gasteiger partial charge in [0.15, 0.2) is 0 Å². The van der Waals surface area contributed by atoms with Gasteiger partial charge < -0.3 is 10.4 Å². The molecule has 0 saturated heterocycles. The summed E-state index contributed by atoms with van der Waals surface area (Å²) in [5, 5.41) is 13.7. The molecule has 0 bridgehead atoms. The smallest absolute Gasteiger partial charge is 0.132 e. The van der Waals surface area contributed by atoms with Crippen molar-refractivity contribution in [2.45, 2.75) is 19.9 Å². The molecule has 0 aliphatic carbocycles. The number of aromatic hydroxyl groups is 1. The van der Waals surface area contributed by atoms with Gasteiger partial charge in [0.05, 0.1) is 10.7 Å². The summed E-state index contributed by atoms with van der Waals surface area (Å²) in [6.45, 7) is 3.98. The van der Waals surface area contributed by atoms with Crippen LogP contribution in [0, 0.1) is 5.82 Å². The topological polar surface area (TPSA) is 45.1 Å². The Morgan fingerprint density at radius 1 is 1.08 bits per heavy atom. The Morgan fingerprint density at radius 2 is 1.84 bits per heavy atom. The molecule has 1 heterocycles. The third-order valence-electron chi connectivity index (χ3n) is 3.69. The Bertz CT molecular complexity index is 892. The van der Waals surface area contributed by atoms with Crippen molar-refractivity contribution in [3.63, 3.8) is 0 Å². The Balaban J connectivity index is 2.22. The van der Waals surface area contributed by atoms with Crippen molar-refractivity contribution in [2.24, 2.45) is 0 Å². The molecule has 1 aromatic heterocycles. The largest absolute Gasteiger partial charge is 0.507 e. The van der Waals surface area contributed by atoms with Crippen LogP contribution in [0.5, 0.6) is 5.75 Å². The SMILES string of the molecule is CC(C)Nc1cc(-c2c(F)cccc2Cl)cc(-c2ccccc2O)n1. The van der Waals surface area contributed by atoms with Gasteiger partial charge in [0.2, 0.25) is 0 Å². The number of aromatic nitrogens is 1. The number of nitrogens with one attached hydrogen (secondary N) is 1. The molecule has 2 N–H and O–H groups in total. The molecule has 0 atom stereocenters. The average Bonchev–Trinajstić information content (AvgIpc) is 2.54. The summed E-state index contributed by atoms with van der Waals surface area (Å²) < 4.78 is 14.4. The first-order chi connectivity index (χ1) is 12.0. The Morgan fingerprint density at radius 3 is 2.52 bits per heavy atom. The lowest BCUT2D eigenvalue weighted by atomic mass is 10.0. The van der Waals surface area contributed by atoms with Crippen LogP contribution in [-0.2, 0) is 0 Å². The number of para-hydroxylation sites is 1. The van der Waals surface area contributed by atoms with Crippen molar-refractivity contribution in [1.82, 2.24) is 4.98 Å². The highest BCUT2D eigenvalue weighted by molar-refractivity contribution is 6.33. The lowest BCUT2D eigenvalue weighted by molar-refractivity contribution is 0.477. The molecule has 0 radical (unpaired) electrons. The standard InChI is InChI=1S/C20H18ClFN2O/c1-12(2)23-19-11-13(20-15(21)7-5-8-16(20)22)10-17(24-19)14-6-3-4-9-18(14)25/h3-12,25H,1-2H3,(H,23,24). The second kappa shape index (κ2) is 7.11. The molecule has 0 aliphatic heterocycles. The van der Waals surface area contributed by atoms with Crippen molar-refractivity contribution in [3.8, 4) is 28.1 Å². The lowest BCUT2D eigenvalue weighted by Crippen LogP contribution is -2.11. The molecule has 0 aliphatic rings. The molecule has 25 heavy (non-hydrogen) atoms. The van der Waals surface area contributed by atoms with E-state index in [1.807, 2.05) is 19.9 Å². The minimum atomic E-state index is -0.405. The minimum Gasteiger partial charge on any atom is -0.507 e. The Hall–Kier alpha value is -2.59. The molecule has 3 aromatic rings. The predicted octanol–water partition coefficient (Wildman–Crippen LogP) is 5.73. The number of hydrogen-bond acceptors (Lipinski definition) is 3. The van der Waals surface area contributed by atoms with Crippen LogP contribution in [0.3, 0.4) is 0 Å². The van der Waals surface area contributed by atoms with Gasteiger partial charge in [0.1, 0.15) is 17.4 Å². The lowest BCUT2D eigenvalue weighted by Gasteiger charge is -2.15. The first-order valence-corrected chi connectivity index (χ1v) is 8.35. The molecule has 128 valence electrons. The molecule has 0 saturated carbocycles. The van der Waals surface area contributed by atoms with Gasteiger partial charge >= 0.3 is 0 Å². The molecule has 3 nitrogen and oxygen atoms in total. The number of phenolic OH excluding ortho intramolecular Hbond substituents is 1. The van der Waals surface area contributed by atoms with Crippen LogP contribution in [0.1, 0.15) is 13.8 Å². The second-order valence-electron chi connectivity index (χ2n) is 6.04. The van der Waals surface area contributed by atoms with E-state index < -0.39 is 5.82 Å². The highest BCUT2D eigenvalue weighted by Crippen LogP contribution is 2.36. The zero-order valence-electron chi connectivity index (χ0n) is 13.9. The van der Waals surface area contributed by atoms with Gasteiger partial charge in [-0.05, 0) is 55.8 Å². The normalized spacial score (nSPS) is 10.9. The van der Waals surface area contributed by atoms with Crippen LogP contribution in [0.15, 0.2) is 54.6 Å². The van der Waals surface area contributed by atoms with Crippen molar-refractivity contribution < 1.29 is 9.50 Å². The summed E-state index contributed by atoms with van der Waals surface area (Å²) >= 11 is 6.22. The van der Waals surface area contributed by atoms with Crippen molar-refractivity contribution >= 4 is 17.4 Å². The van der Waals surface area contributed by atoms with E-state index in [4.69, 9.17) is 11.6 Å². The third-order valence-corrected chi connectivity index (χ3v) is 4.01. The fourth-order valence-electron chi connectivity index (χ4n) is 2.65. The number of nitrogens with zero attached hydrogens (tertiary/aromatic N) is 1. The van der Waals surface area contributed by atoms with E-state index in [1.54, 1.807) is 42.5 Å². The molecular weight excluding hydrogens is 339 g/mol. The van der Waals surface area contributed by atoms with E-state index in [0.29, 0.717) is 33.2 Å². The van der Waals surface area contributed by atoms with E-state index >= 15 is 0 Å². The van der Waals surface area contributed by atoms with Gasteiger partial charge in [-0.2, -0.15) is 0 Å². The fraction of sp³-hybridized carbons (Fsp3) is 0.150. The number of rotatable bonds is 4. The maximum Gasteiger partial charge on any atom is 0.132 e. The quantitative estimate of drug-likeness (QED) is 0.627. The van der Waals surface area contributed by atoms with Crippen molar-refractivity contribution in [3.05, 3.63) is 65.4 Å². The molecule has 0 spiro atoms. The minimum absolute atomic E-state index is 0.113. The number of hydrogen-bond donors (Lipinski definition) is 2. The van der Waals surface area contributed by atoms with Gasteiger partial charge in [-0.3, -0.25) is 0 Å². The molecular formula is C20H18ClFN2O. The molecule has 2 aromatic carbocycles. The van der Waals surface area contributed by atoms with E-state index in [0.717, 1.165) is 0 Å². The van der Waals surface area contributed by atoms with Crippen LogP contribution < -0.4 is 5.32 Å². The van der Waals surface area contributed by atoms with Gasteiger partial charge in [-0.1, -0.05) is 29.8 Å². The first kappa shape index (κ1) is 17.2.